The molecule has 4 heteroatoms. The van der Waals surface area contributed by atoms with Crippen molar-refractivity contribution in [3.05, 3.63) is 42.5 Å². The highest BCUT2D eigenvalue weighted by Gasteiger charge is 1.95. The van der Waals surface area contributed by atoms with Crippen LogP contribution in [0.25, 0.3) is 0 Å². The van der Waals surface area contributed by atoms with Crippen molar-refractivity contribution in [2.45, 2.75) is 6.92 Å². The summed E-state index contributed by atoms with van der Waals surface area (Å²) in [6.07, 6.45) is 2.93. The molecule has 0 radical (unpaired) electrons. The lowest BCUT2D eigenvalue weighted by Crippen LogP contribution is -1.96. The standard InChI is InChI=1S/C10H10N4/c1-8-3-2-4-9(5-8)14-10-12-6-11-7-13-10/h2-7H,1H3,(H,11,12,13,14). The summed E-state index contributed by atoms with van der Waals surface area (Å²) in [5.41, 5.74) is 2.18. The second-order valence-electron chi connectivity index (χ2n) is 2.96. The Hall–Kier alpha value is -1.97. The van der Waals surface area contributed by atoms with E-state index >= 15 is 0 Å². The van der Waals surface area contributed by atoms with Crippen LogP contribution < -0.4 is 5.32 Å². The summed E-state index contributed by atoms with van der Waals surface area (Å²) in [7, 11) is 0. The van der Waals surface area contributed by atoms with Gasteiger partial charge in [-0.1, -0.05) is 12.1 Å². The van der Waals surface area contributed by atoms with Crippen LogP contribution in [0.4, 0.5) is 11.6 Å². The van der Waals surface area contributed by atoms with Gasteiger partial charge in [-0.3, -0.25) is 0 Å². The Labute approximate surface area is 82.1 Å². The second kappa shape index (κ2) is 3.83. The van der Waals surface area contributed by atoms with Crippen molar-refractivity contribution in [3.8, 4) is 0 Å². The fourth-order valence-corrected chi connectivity index (χ4v) is 1.16. The number of hydrogen-bond donors (Lipinski definition) is 1. The average molecular weight is 186 g/mol. The molecule has 0 aliphatic heterocycles. The molecule has 1 heterocycles. The molecule has 1 aromatic carbocycles. The number of benzene rings is 1. The van der Waals surface area contributed by atoms with Crippen LogP contribution in [-0.4, -0.2) is 15.0 Å². The molecule has 14 heavy (non-hydrogen) atoms. The third-order valence-electron chi connectivity index (χ3n) is 1.77. The Kier molecular flexibility index (Phi) is 2.36. The van der Waals surface area contributed by atoms with E-state index in [2.05, 4.69) is 20.3 Å². The number of aryl methyl sites for hydroxylation is 1. The van der Waals surface area contributed by atoms with E-state index in [1.807, 2.05) is 31.2 Å². The minimum absolute atomic E-state index is 0.561. The molecule has 0 saturated heterocycles. The quantitative estimate of drug-likeness (QED) is 0.778. The highest BCUT2D eigenvalue weighted by atomic mass is 15.1. The smallest absolute Gasteiger partial charge is 0.230 e. The van der Waals surface area contributed by atoms with E-state index in [9.17, 15) is 0 Å². The monoisotopic (exact) mass is 186 g/mol. The lowest BCUT2D eigenvalue weighted by atomic mass is 10.2. The van der Waals surface area contributed by atoms with Gasteiger partial charge in [0.05, 0.1) is 0 Å². The van der Waals surface area contributed by atoms with Crippen LogP contribution in [0.2, 0.25) is 0 Å². The number of rotatable bonds is 2. The van der Waals surface area contributed by atoms with Crippen molar-refractivity contribution < 1.29 is 0 Å². The fourth-order valence-electron chi connectivity index (χ4n) is 1.16. The van der Waals surface area contributed by atoms with Gasteiger partial charge in [-0.25, -0.2) is 15.0 Å². The first kappa shape index (κ1) is 8.62. The molecule has 0 saturated carbocycles. The molecule has 4 nitrogen and oxygen atoms in total. The summed E-state index contributed by atoms with van der Waals surface area (Å²) in [6.45, 7) is 2.04. The average Bonchev–Trinajstić information content (AvgIpc) is 2.19. The van der Waals surface area contributed by atoms with Gasteiger partial charge in [-0.15, -0.1) is 0 Å². The topological polar surface area (TPSA) is 50.7 Å². The number of nitrogens with one attached hydrogen (secondary N) is 1. The highest BCUT2D eigenvalue weighted by Crippen LogP contribution is 2.12. The molecule has 0 amide bonds. The number of hydrogen-bond acceptors (Lipinski definition) is 4. The van der Waals surface area contributed by atoms with Crippen molar-refractivity contribution in [2.24, 2.45) is 0 Å². The van der Waals surface area contributed by atoms with Crippen molar-refractivity contribution in [2.75, 3.05) is 5.32 Å². The van der Waals surface area contributed by atoms with Gasteiger partial charge in [0.2, 0.25) is 5.95 Å². The van der Waals surface area contributed by atoms with Crippen LogP contribution in [0.5, 0.6) is 0 Å². The van der Waals surface area contributed by atoms with E-state index in [4.69, 9.17) is 0 Å². The van der Waals surface area contributed by atoms with Gasteiger partial charge >= 0.3 is 0 Å². The van der Waals surface area contributed by atoms with Crippen molar-refractivity contribution in [1.82, 2.24) is 15.0 Å². The molecule has 0 unspecified atom stereocenters. The number of nitrogens with zero attached hydrogens (tertiary/aromatic N) is 3. The molecule has 0 spiro atoms. The molecule has 0 atom stereocenters. The molecule has 1 aromatic heterocycles. The predicted molar refractivity (Wildman–Crippen MR) is 54.3 cm³/mol. The third-order valence-corrected chi connectivity index (χ3v) is 1.77. The van der Waals surface area contributed by atoms with E-state index in [1.54, 1.807) is 0 Å². The Balaban J connectivity index is 2.19. The first-order valence-corrected chi connectivity index (χ1v) is 4.30. The largest absolute Gasteiger partial charge is 0.324 e. The van der Waals surface area contributed by atoms with Gasteiger partial charge in [0, 0.05) is 5.69 Å². The SMILES string of the molecule is Cc1cccc(Nc2ncncn2)c1. The maximum atomic E-state index is 3.97. The van der Waals surface area contributed by atoms with Crippen LogP contribution in [0.1, 0.15) is 5.56 Å². The molecule has 0 aliphatic carbocycles. The predicted octanol–water partition coefficient (Wildman–Crippen LogP) is 1.92. The van der Waals surface area contributed by atoms with Gasteiger partial charge in [0.1, 0.15) is 12.7 Å². The molecule has 1 N–H and O–H groups in total. The van der Waals surface area contributed by atoms with E-state index in [0.29, 0.717) is 5.95 Å². The molecular formula is C10H10N4. The van der Waals surface area contributed by atoms with Gasteiger partial charge in [-0.2, -0.15) is 0 Å². The highest BCUT2D eigenvalue weighted by molar-refractivity contribution is 5.53. The molecule has 0 bridgehead atoms. The van der Waals surface area contributed by atoms with Crippen LogP contribution >= 0.6 is 0 Å². The maximum Gasteiger partial charge on any atom is 0.230 e. The summed E-state index contributed by atoms with van der Waals surface area (Å²) in [4.78, 5) is 11.7. The zero-order chi connectivity index (χ0) is 9.80. The van der Waals surface area contributed by atoms with E-state index in [0.717, 1.165) is 5.69 Å². The summed E-state index contributed by atoms with van der Waals surface area (Å²) in [5, 5.41) is 3.08. The van der Waals surface area contributed by atoms with E-state index in [1.165, 1.54) is 18.2 Å². The van der Waals surface area contributed by atoms with Crippen LogP contribution in [0.3, 0.4) is 0 Å². The molecule has 2 rings (SSSR count). The van der Waals surface area contributed by atoms with Gasteiger partial charge in [-0.05, 0) is 24.6 Å². The number of aromatic nitrogens is 3. The fraction of sp³-hybridized carbons (Fsp3) is 0.100. The molecule has 0 aliphatic rings. The number of anilines is 2. The lowest BCUT2D eigenvalue weighted by Gasteiger charge is -2.03. The minimum Gasteiger partial charge on any atom is -0.324 e. The lowest BCUT2D eigenvalue weighted by molar-refractivity contribution is 1.05. The molecular weight excluding hydrogens is 176 g/mol. The minimum atomic E-state index is 0.561. The van der Waals surface area contributed by atoms with Crippen LogP contribution in [-0.2, 0) is 0 Å². The summed E-state index contributed by atoms with van der Waals surface area (Å²) in [6, 6.07) is 8.03. The van der Waals surface area contributed by atoms with Crippen molar-refractivity contribution in [1.29, 1.82) is 0 Å². The second-order valence-corrected chi connectivity index (χ2v) is 2.96. The molecule has 2 aromatic rings. The Bertz CT molecular complexity index is 413. The first-order chi connectivity index (χ1) is 6.84. The summed E-state index contributed by atoms with van der Waals surface area (Å²) < 4.78 is 0. The third kappa shape index (κ3) is 2.04. The maximum absolute atomic E-state index is 3.97. The Morgan fingerprint density at radius 2 is 1.93 bits per heavy atom. The Morgan fingerprint density at radius 1 is 1.14 bits per heavy atom. The van der Waals surface area contributed by atoms with Gasteiger partial charge in [0.15, 0.2) is 0 Å². The van der Waals surface area contributed by atoms with Gasteiger partial charge in [0.25, 0.3) is 0 Å². The van der Waals surface area contributed by atoms with E-state index < -0.39 is 0 Å². The summed E-state index contributed by atoms with van der Waals surface area (Å²) in [5.74, 6) is 0.561. The van der Waals surface area contributed by atoms with Crippen LogP contribution in [0, 0.1) is 6.92 Å². The normalized spacial score (nSPS) is 9.79. The first-order valence-electron chi connectivity index (χ1n) is 4.30. The van der Waals surface area contributed by atoms with Crippen molar-refractivity contribution >= 4 is 11.6 Å². The van der Waals surface area contributed by atoms with Crippen molar-refractivity contribution in [3.63, 3.8) is 0 Å². The zero-order valence-corrected chi connectivity index (χ0v) is 7.81. The van der Waals surface area contributed by atoms with E-state index in [-0.39, 0.29) is 0 Å². The zero-order valence-electron chi connectivity index (χ0n) is 7.81. The molecule has 70 valence electrons. The van der Waals surface area contributed by atoms with Gasteiger partial charge < -0.3 is 5.32 Å². The summed E-state index contributed by atoms with van der Waals surface area (Å²) >= 11 is 0. The Morgan fingerprint density at radius 3 is 2.64 bits per heavy atom. The van der Waals surface area contributed by atoms with Crippen LogP contribution in [0.15, 0.2) is 36.9 Å². The molecule has 0 fully saturated rings.